The van der Waals surface area contributed by atoms with Crippen LogP contribution in [0.4, 0.5) is 0 Å². The molecule has 18 heavy (non-hydrogen) atoms. The standard InChI is InChI=1S/C16H23NO/c1-10-4-6-15-13(8-10)14-9-11(2)5-7-16(14)17(15)12(3)18/h10-11H,4-9H2,1-3H3/t10-,11+. The second-order valence-corrected chi connectivity index (χ2v) is 6.40. The van der Waals surface area contributed by atoms with Gasteiger partial charge in [-0.05, 0) is 61.5 Å². The van der Waals surface area contributed by atoms with Gasteiger partial charge in [0.15, 0.2) is 0 Å². The van der Waals surface area contributed by atoms with Gasteiger partial charge in [0.2, 0.25) is 5.91 Å². The summed E-state index contributed by atoms with van der Waals surface area (Å²) in [5, 5.41) is 0. The molecule has 1 aromatic heterocycles. The van der Waals surface area contributed by atoms with Crippen LogP contribution in [-0.4, -0.2) is 10.5 Å². The highest BCUT2D eigenvalue weighted by Crippen LogP contribution is 2.37. The lowest BCUT2D eigenvalue weighted by molar-refractivity contribution is 0.0928. The summed E-state index contributed by atoms with van der Waals surface area (Å²) >= 11 is 0. The number of fused-ring (bicyclic) bond motifs is 3. The predicted molar refractivity (Wildman–Crippen MR) is 73.1 cm³/mol. The van der Waals surface area contributed by atoms with Crippen LogP contribution in [-0.2, 0) is 25.7 Å². The Balaban J connectivity index is 2.17. The summed E-state index contributed by atoms with van der Waals surface area (Å²) in [5.41, 5.74) is 5.76. The molecular weight excluding hydrogens is 222 g/mol. The van der Waals surface area contributed by atoms with Gasteiger partial charge in [-0.1, -0.05) is 13.8 Å². The van der Waals surface area contributed by atoms with Crippen molar-refractivity contribution in [3.05, 3.63) is 22.5 Å². The highest BCUT2D eigenvalue weighted by molar-refractivity contribution is 5.79. The molecular formula is C16H23NO. The minimum Gasteiger partial charge on any atom is -0.288 e. The van der Waals surface area contributed by atoms with Gasteiger partial charge in [0.05, 0.1) is 0 Å². The molecule has 2 heteroatoms. The summed E-state index contributed by atoms with van der Waals surface area (Å²) in [7, 11) is 0. The van der Waals surface area contributed by atoms with Crippen LogP contribution in [0.3, 0.4) is 0 Å². The molecule has 3 rings (SSSR count). The van der Waals surface area contributed by atoms with Gasteiger partial charge in [-0.2, -0.15) is 0 Å². The molecule has 1 heterocycles. The molecule has 2 nitrogen and oxygen atoms in total. The van der Waals surface area contributed by atoms with Crippen LogP contribution in [0.2, 0.25) is 0 Å². The van der Waals surface area contributed by atoms with Gasteiger partial charge < -0.3 is 0 Å². The fourth-order valence-electron chi connectivity index (χ4n) is 3.84. The average molecular weight is 245 g/mol. The van der Waals surface area contributed by atoms with Crippen LogP contribution in [0.25, 0.3) is 0 Å². The van der Waals surface area contributed by atoms with Crippen molar-refractivity contribution in [2.45, 2.75) is 59.3 Å². The van der Waals surface area contributed by atoms with E-state index >= 15 is 0 Å². The highest BCUT2D eigenvalue weighted by atomic mass is 16.1. The van der Waals surface area contributed by atoms with E-state index in [4.69, 9.17) is 0 Å². The maximum absolute atomic E-state index is 12.0. The molecule has 0 aromatic carbocycles. The van der Waals surface area contributed by atoms with Crippen molar-refractivity contribution in [3.8, 4) is 0 Å². The van der Waals surface area contributed by atoms with E-state index in [1.807, 2.05) is 0 Å². The number of carbonyl (C=O) groups excluding carboxylic acids is 1. The Morgan fingerprint density at radius 3 is 1.83 bits per heavy atom. The molecule has 2 aliphatic rings. The molecule has 2 aliphatic carbocycles. The Hall–Kier alpha value is -1.05. The zero-order valence-electron chi connectivity index (χ0n) is 11.8. The van der Waals surface area contributed by atoms with Crippen molar-refractivity contribution in [1.82, 2.24) is 4.57 Å². The lowest BCUT2D eigenvalue weighted by Crippen LogP contribution is -2.18. The Morgan fingerprint density at radius 2 is 1.44 bits per heavy atom. The van der Waals surface area contributed by atoms with Gasteiger partial charge in [-0.3, -0.25) is 9.36 Å². The van der Waals surface area contributed by atoms with Crippen LogP contribution in [0.5, 0.6) is 0 Å². The second kappa shape index (κ2) is 4.25. The zero-order chi connectivity index (χ0) is 12.9. The van der Waals surface area contributed by atoms with Crippen molar-refractivity contribution in [1.29, 1.82) is 0 Å². The third-order valence-corrected chi connectivity index (χ3v) is 4.77. The molecule has 0 aliphatic heterocycles. The number of carbonyl (C=O) groups is 1. The molecule has 98 valence electrons. The van der Waals surface area contributed by atoms with E-state index in [-0.39, 0.29) is 5.91 Å². The van der Waals surface area contributed by atoms with Gasteiger partial charge in [0, 0.05) is 18.3 Å². The van der Waals surface area contributed by atoms with Crippen molar-refractivity contribution in [2.75, 3.05) is 0 Å². The van der Waals surface area contributed by atoms with Crippen LogP contribution < -0.4 is 0 Å². The molecule has 1 aromatic rings. The number of hydrogen-bond acceptors (Lipinski definition) is 1. The third kappa shape index (κ3) is 1.73. The van der Waals surface area contributed by atoms with Gasteiger partial charge in [-0.25, -0.2) is 0 Å². The van der Waals surface area contributed by atoms with Gasteiger partial charge in [-0.15, -0.1) is 0 Å². The first kappa shape index (κ1) is 12.0. The monoisotopic (exact) mass is 245 g/mol. The first-order valence-electron chi connectivity index (χ1n) is 7.33. The molecule has 2 atom stereocenters. The van der Waals surface area contributed by atoms with E-state index in [2.05, 4.69) is 18.4 Å². The summed E-state index contributed by atoms with van der Waals surface area (Å²) in [6, 6.07) is 0. The Morgan fingerprint density at radius 1 is 1.00 bits per heavy atom. The van der Waals surface area contributed by atoms with Crippen LogP contribution in [0.15, 0.2) is 0 Å². The highest BCUT2D eigenvalue weighted by Gasteiger charge is 2.31. The smallest absolute Gasteiger partial charge is 0.227 e. The van der Waals surface area contributed by atoms with E-state index in [0.717, 1.165) is 24.7 Å². The first-order chi connectivity index (χ1) is 8.58. The summed E-state index contributed by atoms with van der Waals surface area (Å²) in [6.07, 6.45) is 7.03. The normalized spacial score (nSPS) is 26.6. The Bertz CT molecular complexity index is 460. The fraction of sp³-hybridized carbons (Fsp3) is 0.688. The molecule has 0 fully saturated rings. The summed E-state index contributed by atoms with van der Waals surface area (Å²) in [5.74, 6) is 1.78. The largest absolute Gasteiger partial charge is 0.288 e. The predicted octanol–water partition coefficient (Wildman–Crippen LogP) is 3.40. The minimum absolute atomic E-state index is 0.219. The van der Waals surface area contributed by atoms with Crippen LogP contribution in [0, 0.1) is 11.8 Å². The molecule has 0 spiro atoms. The number of aromatic nitrogens is 1. The van der Waals surface area contributed by atoms with Crippen molar-refractivity contribution in [3.63, 3.8) is 0 Å². The maximum Gasteiger partial charge on any atom is 0.227 e. The van der Waals surface area contributed by atoms with E-state index in [9.17, 15) is 4.79 Å². The Kier molecular flexibility index (Phi) is 2.84. The first-order valence-corrected chi connectivity index (χ1v) is 7.33. The maximum atomic E-state index is 12.0. The Labute approximate surface area is 109 Å². The summed E-state index contributed by atoms with van der Waals surface area (Å²) in [6.45, 7) is 6.40. The van der Waals surface area contributed by atoms with E-state index in [0.29, 0.717) is 0 Å². The summed E-state index contributed by atoms with van der Waals surface area (Å²) < 4.78 is 2.06. The quantitative estimate of drug-likeness (QED) is 0.686. The van der Waals surface area contributed by atoms with E-state index < -0.39 is 0 Å². The molecule has 0 N–H and O–H groups in total. The lowest BCUT2D eigenvalue weighted by Gasteiger charge is -2.22. The van der Waals surface area contributed by atoms with Crippen molar-refractivity contribution >= 4 is 5.91 Å². The molecule has 0 unspecified atom stereocenters. The van der Waals surface area contributed by atoms with Crippen molar-refractivity contribution in [2.24, 2.45) is 11.8 Å². The number of hydrogen-bond donors (Lipinski definition) is 0. The van der Waals surface area contributed by atoms with Gasteiger partial charge in [0.1, 0.15) is 0 Å². The van der Waals surface area contributed by atoms with E-state index in [1.165, 1.54) is 48.2 Å². The second-order valence-electron chi connectivity index (χ2n) is 6.40. The van der Waals surface area contributed by atoms with Gasteiger partial charge >= 0.3 is 0 Å². The van der Waals surface area contributed by atoms with Crippen LogP contribution in [0.1, 0.15) is 60.9 Å². The number of nitrogens with zero attached hydrogens (tertiary/aromatic N) is 1. The molecule has 0 amide bonds. The number of rotatable bonds is 0. The molecule has 0 radical (unpaired) electrons. The minimum atomic E-state index is 0.219. The summed E-state index contributed by atoms with van der Waals surface area (Å²) in [4.78, 5) is 12.0. The fourth-order valence-corrected chi connectivity index (χ4v) is 3.84. The topological polar surface area (TPSA) is 22.0 Å². The SMILES string of the molecule is CC(=O)n1c2c(c3c1CC[C@H](C)C3)C[C@H](C)CC2. The molecule has 0 bridgehead atoms. The zero-order valence-corrected chi connectivity index (χ0v) is 11.8. The van der Waals surface area contributed by atoms with E-state index in [1.54, 1.807) is 6.92 Å². The molecule has 0 saturated carbocycles. The third-order valence-electron chi connectivity index (χ3n) is 4.77. The lowest BCUT2D eigenvalue weighted by atomic mass is 9.82. The van der Waals surface area contributed by atoms with Crippen molar-refractivity contribution < 1.29 is 4.79 Å². The van der Waals surface area contributed by atoms with Crippen LogP contribution >= 0.6 is 0 Å². The molecule has 0 saturated heterocycles. The average Bonchev–Trinajstić information content (AvgIpc) is 2.62. The van der Waals surface area contributed by atoms with Gasteiger partial charge in [0.25, 0.3) is 0 Å².